The van der Waals surface area contributed by atoms with Crippen LogP contribution in [-0.2, 0) is 0 Å². The van der Waals surface area contributed by atoms with Gasteiger partial charge in [0.25, 0.3) is 5.69 Å². The van der Waals surface area contributed by atoms with Crippen molar-refractivity contribution in [1.29, 1.82) is 0 Å². The van der Waals surface area contributed by atoms with Crippen LogP contribution in [-0.4, -0.2) is 26.0 Å². The zero-order valence-electron chi connectivity index (χ0n) is 14.1. The van der Waals surface area contributed by atoms with Gasteiger partial charge in [0.2, 0.25) is 10.9 Å². The first-order valence-electron chi connectivity index (χ1n) is 8.00. The average Bonchev–Trinajstić information content (AvgIpc) is 3.16. The fourth-order valence-electron chi connectivity index (χ4n) is 2.60. The third kappa shape index (κ3) is 3.06. The molecule has 0 spiro atoms. The maximum Gasteiger partial charge on any atom is 0.269 e. The number of nitro benzene ring substituents is 1. The number of nitro groups is 1. The van der Waals surface area contributed by atoms with Crippen LogP contribution in [0.2, 0.25) is 0 Å². The third-order valence-corrected chi connectivity index (χ3v) is 4.73. The number of thiazole rings is 1. The summed E-state index contributed by atoms with van der Waals surface area (Å²) in [5, 5.41) is 29.5. The fraction of sp³-hybridized carbons (Fsp3) is 0.118. The number of benzene rings is 2. The Balaban J connectivity index is 1.68. The summed E-state index contributed by atoms with van der Waals surface area (Å²) in [6.07, 6.45) is 0. The molecule has 0 saturated carbocycles. The van der Waals surface area contributed by atoms with E-state index in [1.165, 1.54) is 35.6 Å². The van der Waals surface area contributed by atoms with E-state index in [0.29, 0.717) is 33.5 Å². The van der Waals surface area contributed by atoms with Crippen molar-refractivity contribution in [2.75, 3.05) is 6.61 Å². The van der Waals surface area contributed by atoms with E-state index < -0.39 is 4.92 Å². The van der Waals surface area contributed by atoms with Crippen LogP contribution in [0.25, 0.3) is 16.0 Å². The number of hydrogen-bond acceptors (Lipinski definition) is 8. The van der Waals surface area contributed by atoms with E-state index in [2.05, 4.69) is 15.2 Å². The summed E-state index contributed by atoms with van der Waals surface area (Å²) in [6.45, 7) is 2.47. The van der Waals surface area contributed by atoms with Crippen LogP contribution >= 0.6 is 11.3 Å². The standard InChI is InChI=1S/C17H13N5O4S/c1-2-26-12-7-8-14-13(9-12)18-17-21(14)16(23)15(27-17)20-19-10-3-5-11(6-4-10)22(24)25/h3-9,23H,2H2,1H3. The average molecular weight is 383 g/mol. The molecule has 2 heterocycles. The van der Waals surface area contributed by atoms with Crippen LogP contribution in [0.4, 0.5) is 16.4 Å². The van der Waals surface area contributed by atoms with E-state index in [4.69, 9.17) is 4.74 Å². The quantitative estimate of drug-likeness (QED) is 0.296. The van der Waals surface area contributed by atoms with Gasteiger partial charge in [-0.15, -0.1) is 10.2 Å². The van der Waals surface area contributed by atoms with Gasteiger partial charge in [-0.2, -0.15) is 0 Å². The number of hydrogen-bond donors (Lipinski definition) is 1. The first kappa shape index (κ1) is 16.9. The first-order chi connectivity index (χ1) is 13.1. The zero-order valence-corrected chi connectivity index (χ0v) is 14.9. The summed E-state index contributed by atoms with van der Waals surface area (Å²) in [7, 11) is 0. The summed E-state index contributed by atoms with van der Waals surface area (Å²) in [5.41, 5.74) is 1.86. The van der Waals surface area contributed by atoms with E-state index >= 15 is 0 Å². The molecule has 0 atom stereocenters. The number of imidazole rings is 1. The normalized spacial score (nSPS) is 11.6. The fourth-order valence-corrected chi connectivity index (χ4v) is 3.46. The van der Waals surface area contributed by atoms with Crippen LogP contribution in [0.3, 0.4) is 0 Å². The predicted molar refractivity (Wildman–Crippen MR) is 101 cm³/mol. The molecule has 0 saturated heterocycles. The van der Waals surface area contributed by atoms with E-state index in [1.807, 2.05) is 25.1 Å². The summed E-state index contributed by atoms with van der Waals surface area (Å²) in [5.74, 6) is 0.653. The zero-order chi connectivity index (χ0) is 19.0. The molecule has 0 aliphatic heterocycles. The van der Waals surface area contributed by atoms with Crippen LogP contribution in [0.5, 0.6) is 11.6 Å². The van der Waals surface area contributed by atoms with Crippen molar-refractivity contribution in [3.05, 3.63) is 52.6 Å². The maximum atomic E-state index is 10.7. The molecular weight excluding hydrogens is 370 g/mol. The van der Waals surface area contributed by atoms with Crippen molar-refractivity contribution in [2.24, 2.45) is 10.2 Å². The van der Waals surface area contributed by atoms with Crippen LogP contribution in [0.15, 0.2) is 52.7 Å². The third-order valence-electron chi connectivity index (χ3n) is 3.81. The van der Waals surface area contributed by atoms with E-state index in [9.17, 15) is 15.2 Å². The lowest BCUT2D eigenvalue weighted by Gasteiger charge is -2.01. The highest BCUT2D eigenvalue weighted by Crippen LogP contribution is 2.40. The first-order valence-corrected chi connectivity index (χ1v) is 8.81. The highest BCUT2D eigenvalue weighted by Gasteiger charge is 2.16. The molecular formula is C17H13N5O4S. The number of azo groups is 1. The van der Waals surface area contributed by atoms with Crippen LogP contribution in [0.1, 0.15) is 6.92 Å². The van der Waals surface area contributed by atoms with Crippen molar-refractivity contribution in [1.82, 2.24) is 9.38 Å². The Hall–Kier alpha value is -3.53. The van der Waals surface area contributed by atoms with Crippen LogP contribution in [0, 0.1) is 10.1 Å². The van der Waals surface area contributed by atoms with Gasteiger partial charge in [-0.3, -0.25) is 14.5 Å². The van der Waals surface area contributed by atoms with Gasteiger partial charge in [0, 0.05) is 18.2 Å². The molecule has 27 heavy (non-hydrogen) atoms. The molecule has 1 N–H and O–H groups in total. The largest absolute Gasteiger partial charge is 0.494 e. The minimum Gasteiger partial charge on any atom is -0.494 e. The Morgan fingerprint density at radius 2 is 2.04 bits per heavy atom. The van der Waals surface area contributed by atoms with Crippen LogP contribution < -0.4 is 4.74 Å². The summed E-state index contributed by atoms with van der Waals surface area (Å²) in [6, 6.07) is 11.1. The van der Waals surface area contributed by atoms with Gasteiger partial charge in [-0.25, -0.2) is 4.98 Å². The molecule has 0 bridgehead atoms. The minimum absolute atomic E-state index is 0.0238. The number of rotatable bonds is 5. The molecule has 4 aromatic rings. The smallest absolute Gasteiger partial charge is 0.269 e. The highest BCUT2D eigenvalue weighted by atomic mass is 32.1. The molecule has 10 heteroatoms. The molecule has 0 radical (unpaired) electrons. The van der Waals surface area contributed by atoms with Crippen molar-refractivity contribution in [2.45, 2.75) is 6.92 Å². The van der Waals surface area contributed by atoms with Gasteiger partial charge >= 0.3 is 0 Å². The monoisotopic (exact) mass is 383 g/mol. The molecule has 4 rings (SSSR count). The van der Waals surface area contributed by atoms with E-state index in [-0.39, 0.29) is 11.6 Å². The van der Waals surface area contributed by atoms with Gasteiger partial charge in [0.15, 0.2) is 4.96 Å². The second kappa shape index (κ2) is 6.65. The number of aromatic hydroxyl groups is 1. The molecule has 136 valence electrons. The summed E-state index contributed by atoms with van der Waals surface area (Å²) < 4.78 is 7.06. The number of fused-ring (bicyclic) bond motifs is 3. The lowest BCUT2D eigenvalue weighted by Crippen LogP contribution is -1.90. The van der Waals surface area contributed by atoms with Crippen molar-refractivity contribution in [3.63, 3.8) is 0 Å². The lowest BCUT2D eigenvalue weighted by atomic mass is 10.3. The highest BCUT2D eigenvalue weighted by molar-refractivity contribution is 7.21. The number of ether oxygens (including phenoxy) is 1. The van der Waals surface area contributed by atoms with Gasteiger partial charge in [-0.05, 0) is 31.2 Å². The number of non-ortho nitro benzene ring substituents is 1. The minimum atomic E-state index is -0.483. The summed E-state index contributed by atoms with van der Waals surface area (Å²) in [4.78, 5) is 15.3. The SMILES string of the molecule is CCOc1ccc2c(c1)nc1sc(N=Nc3ccc([N+](=O)[O-])cc3)c(O)n12. The molecule has 0 aliphatic carbocycles. The number of nitrogens with zero attached hydrogens (tertiary/aromatic N) is 5. The van der Waals surface area contributed by atoms with Crippen molar-refractivity contribution < 1.29 is 14.8 Å². The Labute approximate surface area is 156 Å². The Kier molecular flexibility index (Phi) is 4.16. The van der Waals surface area contributed by atoms with Crippen molar-refractivity contribution >= 4 is 43.7 Å². The second-order valence-corrected chi connectivity index (χ2v) is 6.47. The molecule has 0 fully saturated rings. The topological polar surface area (TPSA) is 115 Å². The molecule has 0 amide bonds. The van der Waals surface area contributed by atoms with Gasteiger partial charge < -0.3 is 9.84 Å². The predicted octanol–water partition coefficient (Wildman–Crippen LogP) is 4.98. The molecule has 9 nitrogen and oxygen atoms in total. The Morgan fingerprint density at radius 1 is 1.26 bits per heavy atom. The van der Waals surface area contributed by atoms with Crippen molar-refractivity contribution in [3.8, 4) is 11.6 Å². The van der Waals surface area contributed by atoms with Gasteiger partial charge in [-0.1, -0.05) is 11.3 Å². The molecule has 0 aliphatic rings. The Morgan fingerprint density at radius 3 is 2.74 bits per heavy atom. The molecule has 2 aromatic heterocycles. The lowest BCUT2D eigenvalue weighted by molar-refractivity contribution is -0.384. The van der Waals surface area contributed by atoms with Gasteiger partial charge in [0.1, 0.15) is 5.75 Å². The van der Waals surface area contributed by atoms with E-state index in [1.54, 1.807) is 4.40 Å². The number of aromatic nitrogens is 2. The molecule has 2 aromatic carbocycles. The molecule has 0 unspecified atom stereocenters. The van der Waals surface area contributed by atoms with E-state index in [0.717, 1.165) is 5.52 Å². The maximum absolute atomic E-state index is 10.7. The summed E-state index contributed by atoms with van der Waals surface area (Å²) >= 11 is 1.19. The van der Waals surface area contributed by atoms with Gasteiger partial charge in [0.05, 0.1) is 28.3 Å². The Bertz CT molecular complexity index is 1180. The second-order valence-electron chi connectivity index (χ2n) is 5.52.